The SMILES string of the molecule is COc1cc(-c2nccc(-c3cccc(-c4ccc(CNC[C@@H]5CCC(=O)N5)c(OC)n4)c3Cl)c2Cl)cc2c1CN(C[C@@H](C)O)CC2.O=CO.O=CO. The van der Waals surface area contributed by atoms with E-state index in [-0.39, 0.29) is 24.9 Å². The summed E-state index contributed by atoms with van der Waals surface area (Å²) in [6, 6.07) is 15.9. The van der Waals surface area contributed by atoms with Crippen molar-refractivity contribution in [2.75, 3.05) is 33.9 Å². The van der Waals surface area contributed by atoms with Crippen LogP contribution >= 0.6 is 23.2 Å². The molecule has 0 unspecified atom stereocenters. The molecule has 2 aromatic carbocycles. The first kappa shape index (κ1) is 41.0. The molecule has 282 valence electrons. The number of carbonyl (C=O) groups excluding carboxylic acids is 1. The highest BCUT2D eigenvalue weighted by atomic mass is 35.5. The van der Waals surface area contributed by atoms with Crippen molar-refractivity contribution in [3.05, 3.63) is 81.5 Å². The number of methoxy groups -OCH3 is 2. The van der Waals surface area contributed by atoms with Gasteiger partial charge in [0.2, 0.25) is 11.8 Å². The van der Waals surface area contributed by atoms with E-state index in [0.717, 1.165) is 58.5 Å². The second-order valence-corrected chi connectivity index (χ2v) is 13.1. The minimum Gasteiger partial charge on any atom is -0.496 e. The van der Waals surface area contributed by atoms with Crippen molar-refractivity contribution in [3.63, 3.8) is 0 Å². The Morgan fingerprint density at radius 2 is 1.74 bits per heavy atom. The van der Waals surface area contributed by atoms with Crippen LogP contribution in [0.5, 0.6) is 11.6 Å². The number of ether oxygens (including phenoxy) is 2. The van der Waals surface area contributed by atoms with Crippen molar-refractivity contribution in [3.8, 4) is 45.3 Å². The highest BCUT2D eigenvalue weighted by molar-refractivity contribution is 6.39. The van der Waals surface area contributed by atoms with Crippen LogP contribution in [-0.4, -0.2) is 95.0 Å². The molecule has 0 radical (unpaired) electrons. The van der Waals surface area contributed by atoms with Crippen LogP contribution < -0.4 is 20.1 Å². The molecule has 1 fully saturated rings. The number of nitrogens with one attached hydrogen (secondary N) is 2. The van der Waals surface area contributed by atoms with Crippen LogP contribution in [0.15, 0.2) is 54.7 Å². The molecule has 0 spiro atoms. The molecule has 2 aliphatic heterocycles. The number of carboxylic acid groups (broad SMARTS) is 2. The van der Waals surface area contributed by atoms with Gasteiger partial charge in [0.05, 0.1) is 41.8 Å². The molecule has 13 nitrogen and oxygen atoms in total. The first-order chi connectivity index (χ1) is 25.6. The van der Waals surface area contributed by atoms with Gasteiger partial charge >= 0.3 is 0 Å². The fourth-order valence-electron chi connectivity index (χ4n) is 6.47. The summed E-state index contributed by atoms with van der Waals surface area (Å²) in [6.45, 7) is 4.72. The number of halogens is 2. The highest BCUT2D eigenvalue weighted by Gasteiger charge is 2.24. The molecule has 2 aliphatic rings. The minimum absolute atomic E-state index is 0.101. The number of fused-ring (bicyclic) bond motifs is 1. The van der Waals surface area contributed by atoms with Gasteiger partial charge < -0.3 is 35.4 Å². The summed E-state index contributed by atoms with van der Waals surface area (Å²) in [7, 11) is 3.28. The number of aliphatic hydroxyl groups is 1. The van der Waals surface area contributed by atoms with Crippen LogP contribution in [0.2, 0.25) is 10.0 Å². The summed E-state index contributed by atoms with van der Waals surface area (Å²) >= 11 is 14.2. The first-order valence-corrected chi connectivity index (χ1v) is 17.6. The van der Waals surface area contributed by atoms with E-state index in [1.807, 2.05) is 49.4 Å². The number of hydrogen-bond donors (Lipinski definition) is 5. The van der Waals surface area contributed by atoms with Gasteiger partial charge in [0.25, 0.3) is 12.9 Å². The van der Waals surface area contributed by atoms with E-state index in [4.69, 9.17) is 57.5 Å². The van der Waals surface area contributed by atoms with Gasteiger partial charge in [0, 0.05) is 84.8 Å². The van der Waals surface area contributed by atoms with Gasteiger partial charge in [-0.1, -0.05) is 47.5 Å². The number of rotatable bonds is 11. The number of benzene rings is 2. The number of β-amino-alcohol motifs (C(OH)–C–C–N with tert-alkyl or cyclic N) is 1. The number of nitrogens with zero attached hydrogens (tertiary/aromatic N) is 3. The monoisotopic (exact) mass is 767 g/mol. The molecule has 4 heterocycles. The van der Waals surface area contributed by atoms with E-state index in [9.17, 15) is 9.90 Å². The number of aromatic nitrogens is 2. The second kappa shape index (κ2) is 19.9. The standard InChI is InChI=1S/C36H39Cl2N5O4.2CH2O2/c1-21(44)19-43-14-12-22-15-24(16-31(46-2)29(22)20-43)35-34(38)27(11-13-40-35)26-5-4-6-28(33(26)37)30-9-7-23(36(42-30)47-3)17-39-18-25-8-10-32(45)41-25;2*2-1-3/h4-7,9,11,13,15-16,21,25,39,44H,8,10,12,14,17-20H2,1-3H3,(H,41,45);2*1H,(H,2,3)/t21-,25+;;/m1../s1. The van der Waals surface area contributed by atoms with E-state index < -0.39 is 6.10 Å². The molecule has 6 rings (SSSR count). The van der Waals surface area contributed by atoms with Crippen molar-refractivity contribution < 1.29 is 39.2 Å². The maximum absolute atomic E-state index is 11.5. The Hall–Kier alpha value is -4.79. The summed E-state index contributed by atoms with van der Waals surface area (Å²) in [5, 5.41) is 31.1. The Morgan fingerprint density at radius 1 is 1.02 bits per heavy atom. The summed E-state index contributed by atoms with van der Waals surface area (Å²) in [5.41, 5.74) is 7.69. The minimum atomic E-state index is -0.392. The zero-order chi connectivity index (χ0) is 38.5. The van der Waals surface area contributed by atoms with E-state index in [2.05, 4.69) is 26.6 Å². The zero-order valence-electron chi connectivity index (χ0n) is 29.6. The predicted molar refractivity (Wildman–Crippen MR) is 202 cm³/mol. The maximum atomic E-state index is 11.5. The number of aliphatic hydroxyl groups excluding tert-OH is 1. The van der Waals surface area contributed by atoms with Crippen molar-refractivity contribution in [1.29, 1.82) is 0 Å². The fourth-order valence-corrected chi connectivity index (χ4v) is 7.12. The lowest BCUT2D eigenvalue weighted by molar-refractivity contribution is -0.123. The number of pyridine rings is 2. The van der Waals surface area contributed by atoms with Crippen LogP contribution in [0.1, 0.15) is 36.5 Å². The van der Waals surface area contributed by atoms with Crippen molar-refractivity contribution in [2.45, 2.75) is 51.4 Å². The van der Waals surface area contributed by atoms with Crippen molar-refractivity contribution in [2.24, 2.45) is 0 Å². The largest absolute Gasteiger partial charge is 0.496 e. The Kier molecular flexibility index (Phi) is 15.4. The Bertz CT molecular complexity index is 1870. The van der Waals surface area contributed by atoms with Gasteiger partial charge in [0.15, 0.2) is 0 Å². The number of carbonyl (C=O) groups is 3. The van der Waals surface area contributed by atoms with Gasteiger partial charge in [-0.2, -0.15) is 0 Å². The average molecular weight is 769 g/mol. The zero-order valence-corrected chi connectivity index (χ0v) is 31.2. The van der Waals surface area contributed by atoms with Crippen LogP contribution in [0, 0.1) is 0 Å². The lowest BCUT2D eigenvalue weighted by Crippen LogP contribution is -2.35. The molecule has 53 heavy (non-hydrogen) atoms. The summed E-state index contributed by atoms with van der Waals surface area (Å²) in [4.78, 5) is 39.9. The number of amides is 1. The molecule has 0 saturated carbocycles. The van der Waals surface area contributed by atoms with Gasteiger partial charge in [0.1, 0.15) is 5.75 Å². The van der Waals surface area contributed by atoms with E-state index in [1.165, 1.54) is 5.56 Å². The van der Waals surface area contributed by atoms with Gasteiger partial charge in [-0.25, -0.2) is 4.98 Å². The summed E-state index contributed by atoms with van der Waals surface area (Å²) < 4.78 is 11.5. The van der Waals surface area contributed by atoms with Crippen LogP contribution in [-0.2, 0) is 33.9 Å². The van der Waals surface area contributed by atoms with E-state index >= 15 is 0 Å². The summed E-state index contributed by atoms with van der Waals surface area (Å²) in [6.07, 6.45) is 3.60. The first-order valence-electron chi connectivity index (χ1n) is 16.8. The molecule has 0 bridgehead atoms. The van der Waals surface area contributed by atoms with Gasteiger partial charge in [-0.15, -0.1) is 0 Å². The molecule has 2 aromatic heterocycles. The number of hydrogen-bond acceptors (Lipinski definition) is 10. The third-order valence-corrected chi connectivity index (χ3v) is 9.56. The molecule has 5 N–H and O–H groups in total. The van der Waals surface area contributed by atoms with E-state index in [1.54, 1.807) is 20.4 Å². The predicted octanol–water partition coefficient (Wildman–Crippen LogP) is 5.31. The Balaban J connectivity index is 0.000000980. The molecule has 1 amide bonds. The molecular weight excluding hydrogens is 725 g/mol. The highest BCUT2D eigenvalue weighted by Crippen LogP contribution is 2.43. The average Bonchev–Trinajstić information content (AvgIpc) is 3.56. The van der Waals surface area contributed by atoms with Crippen LogP contribution in [0.4, 0.5) is 0 Å². The second-order valence-electron chi connectivity index (χ2n) is 12.3. The van der Waals surface area contributed by atoms with Gasteiger partial charge in [-0.05, 0) is 49.6 Å². The third-order valence-electron chi connectivity index (χ3n) is 8.77. The fraction of sp³-hybridized carbons (Fsp3) is 0.342. The van der Waals surface area contributed by atoms with Crippen molar-refractivity contribution in [1.82, 2.24) is 25.5 Å². The smallest absolute Gasteiger partial charge is 0.290 e. The molecule has 4 aromatic rings. The topological polar surface area (TPSA) is 183 Å². The Labute approximate surface area is 317 Å². The molecule has 15 heteroatoms. The maximum Gasteiger partial charge on any atom is 0.290 e. The molecular formula is C38H43Cl2N5O8. The molecule has 1 saturated heterocycles. The lowest BCUT2D eigenvalue weighted by atomic mass is 9.93. The van der Waals surface area contributed by atoms with E-state index in [0.29, 0.717) is 59.9 Å². The van der Waals surface area contributed by atoms with Crippen LogP contribution in [0.25, 0.3) is 33.6 Å². The van der Waals surface area contributed by atoms with Crippen LogP contribution in [0.3, 0.4) is 0 Å². The quantitative estimate of drug-likeness (QED) is 0.124. The normalized spacial score (nSPS) is 15.4. The van der Waals surface area contributed by atoms with Crippen molar-refractivity contribution >= 4 is 42.1 Å². The molecule has 0 aliphatic carbocycles. The third kappa shape index (κ3) is 10.4. The molecule has 2 atom stereocenters. The van der Waals surface area contributed by atoms with Gasteiger partial charge in [-0.3, -0.25) is 24.3 Å². The lowest BCUT2D eigenvalue weighted by Gasteiger charge is -2.31. The summed E-state index contributed by atoms with van der Waals surface area (Å²) in [5.74, 6) is 1.39. The Morgan fingerprint density at radius 3 is 2.40 bits per heavy atom.